The van der Waals surface area contributed by atoms with Gasteiger partial charge in [0.25, 0.3) is 0 Å². The number of halogens is 4. The number of alkyl halides is 3. The van der Waals surface area contributed by atoms with Crippen LogP contribution in [0, 0.1) is 0 Å². The Morgan fingerprint density at radius 3 is 2.09 bits per heavy atom. The number of nitrogens with two attached hydrogens (primary N) is 1. The minimum Gasteiger partial charge on any atom is -0.493 e. The second-order valence-corrected chi connectivity index (χ2v) is 4.58. The number of hydrogen-bond acceptors (Lipinski definition) is 3. The molecule has 2 rings (SSSR count). The van der Waals surface area contributed by atoms with E-state index in [0.717, 1.165) is 17.7 Å². The maximum Gasteiger partial charge on any atom is 0.416 e. The molecule has 0 unspecified atom stereocenters. The molecule has 0 saturated heterocycles. The second kappa shape index (κ2) is 8.08. The smallest absolute Gasteiger partial charge is 0.416 e. The summed E-state index contributed by atoms with van der Waals surface area (Å²) < 4.78 is 48.4. The minimum atomic E-state index is -4.34. The van der Waals surface area contributed by atoms with Crippen LogP contribution in [0.25, 0.3) is 11.1 Å². The van der Waals surface area contributed by atoms with E-state index in [2.05, 4.69) is 0 Å². The highest BCUT2D eigenvalue weighted by molar-refractivity contribution is 5.85. The topological polar surface area (TPSA) is 44.5 Å². The van der Waals surface area contributed by atoms with Crippen molar-refractivity contribution in [2.45, 2.75) is 6.18 Å². The van der Waals surface area contributed by atoms with E-state index in [1.165, 1.54) is 19.2 Å². The Hall–Kier alpha value is -1.92. The first-order valence-corrected chi connectivity index (χ1v) is 6.64. The van der Waals surface area contributed by atoms with Gasteiger partial charge in [0, 0.05) is 6.54 Å². The zero-order chi connectivity index (χ0) is 16.2. The fraction of sp³-hybridized carbons (Fsp3) is 0.250. The lowest BCUT2D eigenvalue weighted by Gasteiger charge is -2.12. The Morgan fingerprint density at radius 2 is 1.57 bits per heavy atom. The standard InChI is InChI=1S/C16H16F3NO2.ClH/c1-21-15-10-12(4-7-14(15)22-9-8-20)11-2-5-13(6-3-11)16(17,18)19;/h2-7,10H,8-9,20H2,1H3;1H. The zero-order valence-corrected chi connectivity index (χ0v) is 13.2. The van der Waals surface area contributed by atoms with Crippen LogP contribution in [0.1, 0.15) is 5.56 Å². The molecule has 23 heavy (non-hydrogen) atoms. The van der Waals surface area contributed by atoms with Crippen molar-refractivity contribution in [3.05, 3.63) is 48.0 Å². The first-order chi connectivity index (χ1) is 10.5. The summed E-state index contributed by atoms with van der Waals surface area (Å²) >= 11 is 0. The molecule has 0 aliphatic heterocycles. The molecule has 0 aliphatic rings. The third-order valence-corrected chi connectivity index (χ3v) is 3.08. The summed E-state index contributed by atoms with van der Waals surface area (Å²) in [4.78, 5) is 0. The third-order valence-electron chi connectivity index (χ3n) is 3.08. The third kappa shape index (κ3) is 4.77. The van der Waals surface area contributed by atoms with E-state index in [-0.39, 0.29) is 12.4 Å². The first kappa shape index (κ1) is 19.1. The van der Waals surface area contributed by atoms with Gasteiger partial charge in [-0.2, -0.15) is 13.2 Å². The molecule has 0 fully saturated rings. The molecule has 2 aromatic rings. The second-order valence-electron chi connectivity index (χ2n) is 4.58. The van der Waals surface area contributed by atoms with E-state index >= 15 is 0 Å². The van der Waals surface area contributed by atoms with Gasteiger partial charge < -0.3 is 15.2 Å². The van der Waals surface area contributed by atoms with Crippen LogP contribution in [0.4, 0.5) is 13.2 Å². The van der Waals surface area contributed by atoms with Gasteiger partial charge in [-0.25, -0.2) is 0 Å². The lowest BCUT2D eigenvalue weighted by atomic mass is 10.0. The van der Waals surface area contributed by atoms with Gasteiger partial charge in [0.2, 0.25) is 0 Å². The molecule has 3 nitrogen and oxygen atoms in total. The lowest BCUT2D eigenvalue weighted by molar-refractivity contribution is -0.137. The maximum absolute atomic E-state index is 12.6. The molecule has 2 aromatic carbocycles. The van der Waals surface area contributed by atoms with E-state index in [0.29, 0.717) is 30.2 Å². The molecule has 0 bridgehead atoms. The molecule has 2 N–H and O–H groups in total. The van der Waals surface area contributed by atoms with Gasteiger partial charge in [-0.1, -0.05) is 18.2 Å². The number of ether oxygens (including phenoxy) is 2. The van der Waals surface area contributed by atoms with Crippen LogP contribution in [0.15, 0.2) is 42.5 Å². The Balaban J connectivity index is 0.00000264. The average molecular weight is 348 g/mol. The van der Waals surface area contributed by atoms with E-state index < -0.39 is 11.7 Å². The van der Waals surface area contributed by atoms with Crippen molar-refractivity contribution in [2.24, 2.45) is 5.73 Å². The molecule has 126 valence electrons. The number of benzene rings is 2. The number of hydrogen-bond donors (Lipinski definition) is 1. The molecule has 0 atom stereocenters. The fourth-order valence-corrected chi connectivity index (χ4v) is 1.99. The van der Waals surface area contributed by atoms with Gasteiger partial charge in [-0.3, -0.25) is 0 Å². The van der Waals surface area contributed by atoms with Crippen LogP contribution in [0.2, 0.25) is 0 Å². The normalized spacial score (nSPS) is 10.8. The number of rotatable bonds is 5. The van der Waals surface area contributed by atoms with Crippen LogP contribution in [-0.4, -0.2) is 20.3 Å². The van der Waals surface area contributed by atoms with Gasteiger partial charge in [0.1, 0.15) is 6.61 Å². The summed E-state index contributed by atoms with van der Waals surface area (Å²) in [5.41, 5.74) is 6.11. The highest BCUT2D eigenvalue weighted by atomic mass is 35.5. The van der Waals surface area contributed by atoms with Crippen molar-refractivity contribution in [2.75, 3.05) is 20.3 Å². The van der Waals surface area contributed by atoms with Crippen molar-refractivity contribution in [1.82, 2.24) is 0 Å². The minimum absolute atomic E-state index is 0. The molecule has 7 heteroatoms. The van der Waals surface area contributed by atoms with Crippen molar-refractivity contribution >= 4 is 12.4 Å². The van der Waals surface area contributed by atoms with Crippen LogP contribution >= 0.6 is 12.4 Å². The van der Waals surface area contributed by atoms with E-state index in [4.69, 9.17) is 15.2 Å². The van der Waals surface area contributed by atoms with Gasteiger partial charge in [-0.05, 0) is 35.4 Å². The molecule has 0 aliphatic carbocycles. The molecular formula is C16H17ClF3NO2. The largest absolute Gasteiger partial charge is 0.493 e. The van der Waals surface area contributed by atoms with Crippen molar-refractivity contribution in [3.63, 3.8) is 0 Å². The zero-order valence-electron chi connectivity index (χ0n) is 12.4. The summed E-state index contributed by atoms with van der Waals surface area (Å²) in [7, 11) is 1.50. The van der Waals surface area contributed by atoms with Crippen molar-refractivity contribution in [3.8, 4) is 22.6 Å². The molecule has 0 saturated carbocycles. The van der Waals surface area contributed by atoms with Crippen LogP contribution < -0.4 is 15.2 Å². The quantitative estimate of drug-likeness (QED) is 0.884. The Bertz CT molecular complexity index is 630. The van der Waals surface area contributed by atoms with E-state index in [1.54, 1.807) is 18.2 Å². The molecule has 0 radical (unpaired) electrons. The Morgan fingerprint density at radius 1 is 0.957 bits per heavy atom. The van der Waals surface area contributed by atoms with E-state index in [9.17, 15) is 13.2 Å². The SMILES string of the molecule is COc1cc(-c2ccc(C(F)(F)F)cc2)ccc1OCCN.Cl. The highest BCUT2D eigenvalue weighted by Gasteiger charge is 2.29. The Labute approximate surface area is 138 Å². The van der Waals surface area contributed by atoms with Gasteiger partial charge in [-0.15, -0.1) is 12.4 Å². The summed E-state index contributed by atoms with van der Waals surface area (Å²) in [6, 6.07) is 10.2. The lowest BCUT2D eigenvalue weighted by Crippen LogP contribution is -2.11. The Kier molecular flexibility index (Phi) is 6.72. The van der Waals surface area contributed by atoms with Crippen molar-refractivity contribution < 1.29 is 22.6 Å². The van der Waals surface area contributed by atoms with Crippen LogP contribution in [0.3, 0.4) is 0 Å². The summed E-state index contributed by atoms with van der Waals surface area (Å²) in [5.74, 6) is 1.05. The van der Waals surface area contributed by atoms with Gasteiger partial charge in [0.15, 0.2) is 11.5 Å². The molecular weight excluding hydrogens is 331 g/mol. The van der Waals surface area contributed by atoms with Crippen LogP contribution in [-0.2, 0) is 6.18 Å². The van der Waals surface area contributed by atoms with Gasteiger partial charge >= 0.3 is 6.18 Å². The fourth-order valence-electron chi connectivity index (χ4n) is 1.99. The maximum atomic E-state index is 12.6. The summed E-state index contributed by atoms with van der Waals surface area (Å²) in [6.45, 7) is 0.736. The predicted molar refractivity (Wildman–Crippen MR) is 85.2 cm³/mol. The summed E-state index contributed by atoms with van der Waals surface area (Å²) in [5, 5.41) is 0. The van der Waals surface area contributed by atoms with Crippen molar-refractivity contribution in [1.29, 1.82) is 0 Å². The molecule has 0 amide bonds. The summed E-state index contributed by atoms with van der Waals surface area (Å²) in [6.07, 6.45) is -4.34. The molecule has 0 heterocycles. The predicted octanol–water partition coefficient (Wildman–Crippen LogP) is 4.14. The molecule has 0 aromatic heterocycles. The average Bonchev–Trinajstić information content (AvgIpc) is 2.52. The molecule has 0 spiro atoms. The first-order valence-electron chi connectivity index (χ1n) is 6.64. The van der Waals surface area contributed by atoms with Crippen LogP contribution in [0.5, 0.6) is 11.5 Å². The van der Waals surface area contributed by atoms with E-state index in [1.807, 2.05) is 0 Å². The number of methoxy groups -OCH3 is 1. The monoisotopic (exact) mass is 347 g/mol. The highest BCUT2D eigenvalue weighted by Crippen LogP contribution is 2.34. The van der Waals surface area contributed by atoms with Gasteiger partial charge in [0.05, 0.1) is 12.7 Å².